The quantitative estimate of drug-likeness (QED) is 0.875. The highest BCUT2D eigenvalue weighted by Crippen LogP contribution is 2.24. The Kier molecular flexibility index (Phi) is 5.21. The van der Waals surface area contributed by atoms with Crippen molar-refractivity contribution in [2.45, 2.75) is 6.54 Å². The Morgan fingerprint density at radius 1 is 1.10 bits per heavy atom. The van der Waals surface area contributed by atoms with Crippen molar-refractivity contribution in [3.05, 3.63) is 65.7 Å². The van der Waals surface area contributed by atoms with Gasteiger partial charge in [-0.25, -0.2) is 0 Å². The molecule has 20 heavy (non-hydrogen) atoms. The van der Waals surface area contributed by atoms with Crippen LogP contribution in [0.2, 0.25) is 0 Å². The van der Waals surface area contributed by atoms with Gasteiger partial charge in [-0.1, -0.05) is 42.5 Å². The monoisotopic (exact) mass is 269 g/mol. The van der Waals surface area contributed by atoms with Crippen molar-refractivity contribution in [1.82, 2.24) is 0 Å². The fraction of sp³-hybridized carbons (Fsp3) is 0.176. The van der Waals surface area contributed by atoms with E-state index in [1.54, 1.807) is 7.11 Å². The molecule has 2 rings (SSSR count). The molecule has 0 fully saturated rings. The highest BCUT2D eigenvalue weighted by atomic mass is 16.5. The van der Waals surface area contributed by atoms with Gasteiger partial charge in [-0.05, 0) is 17.7 Å². The first kappa shape index (κ1) is 14.2. The lowest BCUT2D eigenvalue weighted by Crippen LogP contribution is -2.02. The Morgan fingerprint density at radius 2 is 1.90 bits per heavy atom. The van der Waals surface area contributed by atoms with Gasteiger partial charge in [-0.15, -0.1) is 0 Å². The van der Waals surface area contributed by atoms with E-state index in [2.05, 4.69) is 0 Å². The van der Waals surface area contributed by atoms with E-state index >= 15 is 0 Å². The molecule has 2 aromatic carbocycles. The zero-order chi connectivity index (χ0) is 14.2. The third-order valence-electron chi connectivity index (χ3n) is 2.94. The highest BCUT2D eigenvalue weighted by molar-refractivity contribution is 5.49. The van der Waals surface area contributed by atoms with Gasteiger partial charge in [0, 0.05) is 18.2 Å². The van der Waals surface area contributed by atoms with Gasteiger partial charge in [0.15, 0.2) is 0 Å². The number of methoxy groups -OCH3 is 1. The van der Waals surface area contributed by atoms with Crippen LogP contribution in [0.25, 0.3) is 6.08 Å². The smallest absolute Gasteiger partial charge is 0.127 e. The largest absolute Gasteiger partial charge is 0.497 e. The third kappa shape index (κ3) is 3.87. The van der Waals surface area contributed by atoms with Crippen molar-refractivity contribution >= 4 is 6.08 Å². The SMILES string of the molecule is COc1ccc(CN)c(OCC=Cc2ccccc2)c1. The number of hydrogen-bond donors (Lipinski definition) is 1. The van der Waals surface area contributed by atoms with E-state index in [4.69, 9.17) is 15.2 Å². The molecular weight excluding hydrogens is 250 g/mol. The second-order valence-corrected chi connectivity index (χ2v) is 4.30. The summed E-state index contributed by atoms with van der Waals surface area (Å²) in [5.74, 6) is 1.54. The minimum atomic E-state index is 0.446. The summed E-state index contributed by atoms with van der Waals surface area (Å²) in [5.41, 5.74) is 7.82. The van der Waals surface area contributed by atoms with Gasteiger partial charge in [0.1, 0.15) is 18.1 Å². The molecule has 0 bridgehead atoms. The molecule has 2 N–H and O–H groups in total. The van der Waals surface area contributed by atoms with E-state index in [0.717, 1.165) is 22.6 Å². The Morgan fingerprint density at radius 3 is 2.60 bits per heavy atom. The molecular formula is C17H19NO2. The van der Waals surface area contributed by atoms with Gasteiger partial charge in [-0.3, -0.25) is 0 Å². The van der Waals surface area contributed by atoms with Gasteiger partial charge in [0.05, 0.1) is 7.11 Å². The first-order valence-electron chi connectivity index (χ1n) is 6.55. The van der Waals surface area contributed by atoms with Crippen LogP contribution < -0.4 is 15.2 Å². The molecule has 0 amide bonds. The lowest BCUT2D eigenvalue weighted by molar-refractivity contribution is 0.353. The molecule has 0 unspecified atom stereocenters. The highest BCUT2D eigenvalue weighted by Gasteiger charge is 2.03. The van der Waals surface area contributed by atoms with E-state index in [1.807, 2.05) is 60.7 Å². The van der Waals surface area contributed by atoms with E-state index in [0.29, 0.717) is 13.2 Å². The van der Waals surface area contributed by atoms with Crippen molar-refractivity contribution in [3.8, 4) is 11.5 Å². The summed E-state index contributed by atoms with van der Waals surface area (Å²) in [7, 11) is 1.64. The van der Waals surface area contributed by atoms with Crippen LogP contribution in [0.4, 0.5) is 0 Å². The van der Waals surface area contributed by atoms with E-state index in [1.165, 1.54) is 0 Å². The van der Waals surface area contributed by atoms with Crippen LogP contribution in [-0.2, 0) is 6.54 Å². The average molecular weight is 269 g/mol. The zero-order valence-electron chi connectivity index (χ0n) is 11.6. The number of benzene rings is 2. The Hall–Kier alpha value is -2.26. The topological polar surface area (TPSA) is 44.5 Å². The maximum absolute atomic E-state index is 5.75. The second kappa shape index (κ2) is 7.36. The summed E-state index contributed by atoms with van der Waals surface area (Å²) < 4.78 is 10.9. The minimum Gasteiger partial charge on any atom is -0.497 e. The summed E-state index contributed by atoms with van der Waals surface area (Å²) in [6.45, 7) is 0.941. The van der Waals surface area contributed by atoms with Crippen molar-refractivity contribution in [3.63, 3.8) is 0 Å². The molecule has 3 nitrogen and oxygen atoms in total. The summed E-state index contributed by atoms with van der Waals surface area (Å²) >= 11 is 0. The molecule has 3 heteroatoms. The molecule has 0 heterocycles. The number of hydrogen-bond acceptors (Lipinski definition) is 3. The van der Waals surface area contributed by atoms with Crippen molar-refractivity contribution in [2.24, 2.45) is 5.73 Å². The fourth-order valence-electron chi connectivity index (χ4n) is 1.85. The molecule has 0 aromatic heterocycles. The zero-order valence-corrected chi connectivity index (χ0v) is 11.6. The molecule has 2 aromatic rings. The Balaban J connectivity index is 1.98. The van der Waals surface area contributed by atoms with E-state index in [-0.39, 0.29) is 0 Å². The van der Waals surface area contributed by atoms with Crippen LogP contribution in [0.5, 0.6) is 11.5 Å². The summed E-state index contributed by atoms with van der Waals surface area (Å²) in [4.78, 5) is 0. The molecule has 0 saturated heterocycles. The summed E-state index contributed by atoms with van der Waals surface area (Å²) in [6, 6.07) is 15.8. The van der Waals surface area contributed by atoms with E-state index in [9.17, 15) is 0 Å². The lowest BCUT2D eigenvalue weighted by atomic mass is 10.2. The minimum absolute atomic E-state index is 0.446. The molecule has 0 atom stereocenters. The summed E-state index contributed by atoms with van der Waals surface area (Å²) in [6.07, 6.45) is 4.01. The van der Waals surface area contributed by atoms with Crippen LogP contribution >= 0.6 is 0 Å². The van der Waals surface area contributed by atoms with Gasteiger partial charge < -0.3 is 15.2 Å². The molecule has 0 aliphatic rings. The molecule has 0 aliphatic carbocycles. The molecule has 0 radical (unpaired) electrons. The maximum Gasteiger partial charge on any atom is 0.127 e. The van der Waals surface area contributed by atoms with Gasteiger partial charge >= 0.3 is 0 Å². The van der Waals surface area contributed by atoms with E-state index < -0.39 is 0 Å². The Labute approximate surface area is 119 Å². The van der Waals surface area contributed by atoms with Crippen LogP contribution in [0.1, 0.15) is 11.1 Å². The molecule has 104 valence electrons. The standard InChI is InChI=1S/C17H19NO2/c1-19-16-10-9-15(13-18)17(12-16)20-11-5-8-14-6-3-2-4-7-14/h2-10,12H,11,13,18H2,1H3. The number of ether oxygens (including phenoxy) is 2. The molecule has 0 spiro atoms. The fourth-order valence-corrected chi connectivity index (χ4v) is 1.85. The lowest BCUT2D eigenvalue weighted by Gasteiger charge is -2.10. The predicted octanol–water partition coefficient (Wildman–Crippen LogP) is 3.25. The maximum atomic E-state index is 5.75. The van der Waals surface area contributed by atoms with Crippen LogP contribution in [0.15, 0.2) is 54.6 Å². The average Bonchev–Trinajstić information content (AvgIpc) is 2.52. The molecule has 0 saturated carbocycles. The predicted molar refractivity (Wildman–Crippen MR) is 81.9 cm³/mol. The van der Waals surface area contributed by atoms with Crippen LogP contribution in [0, 0.1) is 0 Å². The van der Waals surface area contributed by atoms with Crippen LogP contribution in [0.3, 0.4) is 0 Å². The first-order valence-corrected chi connectivity index (χ1v) is 6.55. The summed E-state index contributed by atoms with van der Waals surface area (Å²) in [5, 5.41) is 0. The third-order valence-corrected chi connectivity index (χ3v) is 2.94. The second-order valence-electron chi connectivity index (χ2n) is 4.30. The van der Waals surface area contributed by atoms with Gasteiger partial charge in [0.2, 0.25) is 0 Å². The number of nitrogens with two attached hydrogens (primary N) is 1. The number of rotatable bonds is 6. The van der Waals surface area contributed by atoms with Gasteiger partial charge in [0.25, 0.3) is 0 Å². The normalized spacial score (nSPS) is 10.7. The van der Waals surface area contributed by atoms with Crippen molar-refractivity contribution in [1.29, 1.82) is 0 Å². The first-order chi connectivity index (χ1) is 9.83. The van der Waals surface area contributed by atoms with Gasteiger partial charge in [-0.2, -0.15) is 0 Å². The van der Waals surface area contributed by atoms with Crippen molar-refractivity contribution < 1.29 is 9.47 Å². The Bertz CT molecular complexity index is 564. The molecule has 0 aliphatic heterocycles. The van der Waals surface area contributed by atoms with Crippen LogP contribution in [-0.4, -0.2) is 13.7 Å². The van der Waals surface area contributed by atoms with Crippen molar-refractivity contribution in [2.75, 3.05) is 13.7 Å².